The second-order valence-corrected chi connectivity index (χ2v) is 8.91. The Kier molecular flexibility index (Phi) is 7.17. The van der Waals surface area contributed by atoms with Gasteiger partial charge in [-0.1, -0.05) is 17.7 Å². The number of nitrogens with one attached hydrogen (secondary N) is 2. The Balaban J connectivity index is 1.33. The van der Waals surface area contributed by atoms with Gasteiger partial charge in [0.1, 0.15) is 29.8 Å². The van der Waals surface area contributed by atoms with Crippen molar-refractivity contribution in [1.82, 2.24) is 14.9 Å². The molecule has 2 saturated heterocycles. The van der Waals surface area contributed by atoms with Crippen molar-refractivity contribution in [2.75, 3.05) is 44.0 Å². The largest absolute Gasteiger partial charge is 0.494 e. The number of fused-ring (bicyclic) bond motifs is 2. The van der Waals surface area contributed by atoms with Gasteiger partial charge in [0.15, 0.2) is 0 Å². The van der Waals surface area contributed by atoms with Gasteiger partial charge in [-0.05, 0) is 24.3 Å². The van der Waals surface area contributed by atoms with Crippen LogP contribution in [0, 0.1) is 5.82 Å². The maximum atomic E-state index is 13.5. The number of methoxy groups -OCH3 is 1. The number of halogens is 2. The lowest BCUT2D eigenvalue weighted by Crippen LogP contribution is -2.52. The van der Waals surface area contributed by atoms with Crippen molar-refractivity contribution >= 4 is 51.6 Å². The Labute approximate surface area is 216 Å². The molecule has 10 nitrogen and oxygen atoms in total. The highest BCUT2D eigenvalue weighted by molar-refractivity contribution is 6.31. The van der Waals surface area contributed by atoms with Gasteiger partial charge >= 0.3 is 5.97 Å². The quantitative estimate of drug-likeness (QED) is 0.353. The van der Waals surface area contributed by atoms with E-state index in [-0.39, 0.29) is 35.6 Å². The summed E-state index contributed by atoms with van der Waals surface area (Å²) in [5.41, 5.74) is 1.51. The van der Waals surface area contributed by atoms with Crippen molar-refractivity contribution in [1.29, 1.82) is 0 Å². The standard InChI is InChI=1S/C25H23ClFN5O5/c1-35-21-9-18-15(25(29-13-28-18)30-14-4-5-17(27)16(26)7-14)8-19(21)31-23(33)3-2-6-32-10-24(34)37-22-12-36-11-20(22)32/h2-5,7-9,13,20,22H,6,10-12H2,1H3,(H,31,33)(H,28,29,30)/b3-2+. The Morgan fingerprint density at radius 2 is 2.16 bits per heavy atom. The zero-order chi connectivity index (χ0) is 25.9. The van der Waals surface area contributed by atoms with Crippen molar-refractivity contribution in [2.45, 2.75) is 12.1 Å². The number of anilines is 3. The van der Waals surface area contributed by atoms with Crippen LogP contribution in [0.3, 0.4) is 0 Å². The van der Waals surface area contributed by atoms with E-state index in [0.29, 0.717) is 53.6 Å². The molecular weight excluding hydrogens is 505 g/mol. The third-order valence-corrected chi connectivity index (χ3v) is 6.38. The number of hydrogen-bond acceptors (Lipinski definition) is 9. The first-order valence-electron chi connectivity index (χ1n) is 11.4. The van der Waals surface area contributed by atoms with Crippen LogP contribution in [0.15, 0.2) is 48.8 Å². The fraction of sp³-hybridized carbons (Fsp3) is 0.280. The number of amides is 1. The molecule has 3 heterocycles. The summed E-state index contributed by atoms with van der Waals surface area (Å²) in [7, 11) is 1.49. The van der Waals surface area contributed by atoms with E-state index in [1.807, 2.05) is 4.90 Å². The third kappa shape index (κ3) is 5.48. The molecule has 2 aliphatic rings. The van der Waals surface area contributed by atoms with Crippen LogP contribution in [-0.2, 0) is 19.1 Å². The fourth-order valence-electron chi connectivity index (χ4n) is 4.30. The van der Waals surface area contributed by atoms with E-state index in [9.17, 15) is 14.0 Å². The minimum absolute atomic E-state index is 0.0205. The molecule has 12 heteroatoms. The maximum absolute atomic E-state index is 13.5. The first-order valence-corrected chi connectivity index (χ1v) is 11.8. The van der Waals surface area contributed by atoms with E-state index in [0.717, 1.165) is 0 Å². The summed E-state index contributed by atoms with van der Waals surface area (Å²) in [6.07, 6.45) is 4.19. The molecule has 5 rings (SSSR count). The lowest BCUT2D eigenvalue weighted by atomic mass is 10.1. The van der Waals surface area contributed by atoms with E-state index < -0.39 is 5.82 Å². The normalized spacial score (nSPS) is 19.6. The first-order chi connectivity index (χ1) is 17.9. The van der Waals surface area contributed by atoms with Gasteiger partial charge in [0.25, 0.3) is 0 Å². The number of carbonyl (C=O) groups is 2. The second-order valence-electron chi connectivity index (χ2n) is 8.50. The van der Waals surface area contributed by atoms with Crippen LogP contribution < -0.4 is 15.4 Å². The lowest BCUT2D eigenvalue weighted by Gasteiger charge is -2.34. The fourth-order valence-corrected chi connectivity index (χ4v) is 4.48. The van der Waals surface area contributed by atoms with Crippen LogP contribution in [0.5, 0.6) is 5.75 Å². The van der Waals surface area contributed by atoms with Gasteiger partial charge in [-0.15, -0.1) is 0 Å². The Bertz CT molecular complexity index is 1390. The second kappa shape index (κ2) is 10.7. The molecule has 37 heavy (non-hydrogen) atoms. The zero-order valence-electron chi connectivity index (χ0n) is 19.7. The molecule has 0 aliphatic carbocycles. The van der Waals surface area contributed by atoms with Gasteiger partial charge in [-0.2, -0.15) is 0 Å². The van der Waals surface area contributed by atoms with Crippen LogP contribution in [0.1, 0.15) is 0 Å². The third-order valence-electron chi connectivity index (χ3n) is 6.09. The summed E-state index contributed by atoms with van der Waals surface area (Å²) in [6.45, 7) is 1.40. The molecule has 0 saturated carbocycles. The van der Waals surface area contributed by atoms with Crippen LogP contribution in [0.25, 0.3) is 10.9 Å². The first kappa shape index (κ1) is 24.9. The molecule has 3 aromatic rings. The average Bonchev–Trinajstić information content (AvgIpc) is 3.35. The highest BCUT2D eigenvalue weighted by Gasteiger charge is 2.40. The molecule has 2 atom stereocenters. The predicted octanol–water partition coefficient (Wildman–Crippen LogP) is 3.30. The van der Waals surface area contributed by atoms with E-state index in [1.165, 1.54) is 37.7 Å². The predicted molar refractivity (Wildman–Crippen MR) is 135 cm³/mol. The molecule has 0 radical (unpaired) electrons. The van der Waals surface area contributed by atoms with Gasteiger partial charge in [0, 0.05) is 29.8 Å². The number of esters is 1. The number of ether oxygens (including phenoxy) is 3. The van der Waals surface area contributed by atoms with E-state index in [4.69, 9.17) is 25.8 Å². The number of morpholine rings is 1. The van der Waals surface area contributed by atoms with E-state index in [1.54, 1.807) is 18.2 Å². The van der Waals surface area contributed by atoms with Crippen LogP contribution in [0.4, 0.5) is 21.6 Å². The van der Waals surface area contributed by atoms with Crippen molar-refractivity contribution in [2.24, 2.45) is 0 Å². The molecule has 1 aromatic heterocycles. The molecule has 2 fully saturated rings. The highest BCUT2D eigenvalue weighted by atomic mass is 35.5. The molecule has 1 amide bonds. The van der Waals surface area contributed by atoms with Gasteiger partial charge in [0.05, 0.1) is 49.1 Å². The number of benzene rings is 2. The van der Waals surface area contributed by atoms with Crippen molar-refractivity contribution in [3.8, 4) is 5.75 Å². The van der Waals surface area contributed by atoms with Gasteiger partial charge in [-0.3, -0.25) is 14.5 Å². The smallest absolute Gasteiger partial charge is 0.320 e. The van der Waals surface area contributed by atoms with Crippen LogP contribution in [0.2, 0.25) is 5.02 Å². The van der Waals surface area contributed by atoms with Crippen molar-refractivity contribution in [3.63, 3.8) is 0 Å². The number of nitrogens with zero attached hydrogens (tertiary/aromatic N) is 3. The summed E-state index contributed by atoms with van der Waals surface area (Å²) in [5.74, 6) is -0.368. The number of hydrogen-bond donors (Lipinski definition) is 2. The summed E-state index contributed by atoms with van der Waals surface area (Å²) in [6, 6.07) is 7.58. The Hall–Kier alpha value is -3.80. The monoisotopic (exact) mass is 527 g/mol. The zero-order valence-corrected chi connectivity index (χ0v) is 20.5. The van der Waals surface area contributed by atoms with Gasteiger partial charge < -0.3 is 24.8 Å². The van der Waals surface area contributed by atoms with E-state index >= 15 is 0 Å². The Morgan fingerprint density at radius 1 is 1.30 bits per heavy atom. The minimum atomic E-state index is -0.529. The molecular formula is C25H23ClFN5O5. The number of carbonyl (C=O) groups excluding carboxylic acids is 2. The summed E-state index contributed by atoms with van der Waals surface area (Å²) in [5, 5.41) is 6.49. The number of aromatic nitrogens is 2. The molecule has 2 aliphatic heterocycles. The lowest BCUT2D eigenvalue weighted by molar-refractivity contribution is -0.160. The Morgan fingerprint density at radius 3 is 2.97 bits per heavy atom. The molecule has 2 aromatic carbocycles. The number of rotatable bonds is 7. The molecule has 0 bridgehead atoms. The van der Waals surface area contributed by atoms with Crippen molar-refractivity contribution < 1.29 is 28.2 Å². The molecule has 192 valence electrons. The maximum Gasteiger partial charge on any atom is 0.320 e. The minimum Gasteiger partial charge on any atom is -0.494 e. The van der Waals surface area contributed by atoms with Crippen LogP contribution in [-0.4, -0.2) is 72.3 Å². The topological polar surface area (TPSA) is 115 Å². The summed E-state index contributed by atoms with van der Waals surface area (Å²) < 4.78 is 29.7. The average molecular weight is 528 g/mol. The van der Waals surface area contributed by atoms with Gasteiger partial charge in [0.2, 0.25) is 5.91 Å². The highest BCUT2D eigenvalue weighted by Crippen LogP contribution is 2.33. The SMILES string of the molecule is COc1cc2ncnc(Nc3ccc(F)c(Cl)c3)c2cc1NC(=O)/C=C/CN1CC(=O)OC2COCC21. The van der Waals surface area contributed by atoms with Crippen LogP contribution >= 0.6 is 11.6 Å². The molecule has 0 spiro atoms. The van der Waals surface area contributed by atoms with E-state index in [2.05, 4.69) is 20.6 Å². The van der Waals surface area contributed by atoms with Gasteiger partial charge in [-0.25, -0.2) is 14.4 Å². The molecule has 2 N–H and O–H groups in total. The molecule has 2 unspecified atom stereocenters. The summed E-state index contributed by atoms with van der Waals surface area (Å²) >= 11 is 5.89. The summed E-state index contributed by atoms with van der Waals surface area (Å²) in [4.78, 5) is 35.0. The van der Waals surface area contributed by atoms with Crippen molar-refractivity contribution in [3.05, 3.63) is 59.7 Å².